The molecule has 130 valence electrons. The van der Waals surface area contributed by atoms with Gasteiger partial charge in [0.1, 0.15) is 0 Å². The van der Waals surface area contributed by atoms with Crippen molar-refractivity contribution in [3.8, 4) is 0 Å². The van der Waals surface area contributed by atoms with Crippen LogP contribution in [-0.4, -0.2) is 55.5 Å². The van der Waals surface area contributed by atoms with Gasteiger partial charge in [0.05, 0.1) is 0 Å². The lowest BCUT2D eigenvalue weighted by molar-refractivity contribution is -0.123. The summed E-state index contributed by atoms with van der Waals surface area (Å²) in [5.74, 6) is 0.736. The molecule has 0 aliphatic carbocycles. The lowest BCUT2D eigenvalue weighted by Crippen LogP contribution is -2.48. The monoisotopic (exact) mass is 329 g/mol. The minimum absolute atomic E-state index is 0.0227. The molecule has 2 heterocycles. The van der Waals surface area contributed by atoms with Gasteiger partial charge in [-0.2, -0.15) is 0 Å². The van der Waals surface area contributed by atoms with Gasteiger partial charge in [-0.25, -0.2) is 4.79 Å². The Kier molecular flexibility index (Phi) is 4.78. The zero-order chi connectivity index (χ0) is 17.3. The average Bonchev–Trinajstić information content (AvgIpc) is 2.59. The van der Waals surface area contributed by atoms with Crippen LogP contribution in [0.25, 0.3) is 0 Å². The molecule has 0 N–H and O–H groups in total. The second kappa shape index (κ2) is 6.83. The molecule has 0 aromatic heterocycles. The van der Waals surface area contributed by atoms with Crippen LogP contribution in [0, 0.1) is 11.8 Å². The highest BCUT2D eigenvalue weighted by atomic mass is 16.2. The van der Waals surface area contributed by atoms with Crippen molar-refractivity contribution < 1.29 is 9.59 Å². The molecule has 0 bridgehead atoms. The van der Waals surface area contributed by atoms with E-state index in [2.05, 4.69) is 19.1 Å². The summed E-state index contributed by atoms with van der Waals surface area (Å²) in [4.78, 5) is 30.6. The highest BCUT2D eigenvalue weighted by molar-refractivity contribution is 5.96. The summed E-state index contributed by atoms with van der Waals surface area (Å²) in [6.45, 7) is 4.33. The molecule has 1 unspecified atom stereocenters. The Morgan fingerprint density at radius 2 is 1.79 bits per heavy atom. The van der Waals surface area contributed by atoms with E-state index in [9.17, 15) is 9.59 Å². The first-order chi connectivity index (χ1) is 11.5. The van der Waals surface area contributed by atoms with Gasteiger partial charge >= 0.3 is 6.03 Å². The third-order valence-electron chi connectivity index (χ3n) is 5.11. The van der Waals surface area contributed by atoms with Crippen LogP contribution in [0.4, 0.5) is 10.5 Å². The number of piperidine rings is 1. The van der Waals surface area contributed by atoms with Gasteiger partial charge < -0.3 is 14.7 Å². The molecule has 1 aromatic rings. The number of anilines is 1. The summed E-state index contributed by atoms with van der Waals surface area (Å²) in [7, 11) is 3.54. The SMILES string of the molecule is CC1Cc2ccccc2N(C(=O)C2CCN(C(=O)N(C)C)CC2)C1. The molecular weight excluding hydrogens is 302 g/mol. The standard InChI is InChI=1S/C19H27N3O2/c1-14-12-16-6-4-5-7-17(16)22(13-14)18(23)15-8-10-21(11-9-15)19(24)20(2)3/h4-7,14-15H,8-13H2,1-3H3. The van der Waals surface area contributed by atoms with Crippen LogP contribution in [0.1, 0.15) is 25.3 Å². The van der Waals surface area contributed by atoms with Crippen molar-refractivity contribution in [2.75, 3.05) is 38.6 Å². The number of fused-ring (bicyclic) bond motifs is 1. The first-order valence-corrected chi connectivity index (χ1v) is 8.83. The number of hydrogen-bond donors (Lipinski definition) is 0. The van der Waals surface area contributed by atoms with Gasteiger partial charge in [0.25, 0.3) is 0 Å². The van der Waals surface area contributed by atoms with Crippen molar-refractivity contribution in [2.24, 2.45) is 11.8 Å². The molecule has 1 aromatic carbocycles. The van der Waals surface area contributed by atoms with Crippen molar-refractivity contribution in [2.45, 2.75) is 26.2 Å². The lowest BCUT2D eigenvalue weighted by atomic mass is 9.90. The number of carbonyl (C=O) groups is 2. The maximum atomic E-state index is 13.1. The third-order valence-corrected chi connectivity index (χ3v) is 5.11. The zero-order valence-corrected chi connectivity index (χ0v) is 14.9. The van der Waals surface area contributed by atoms with Gasteiger partial charge in [-0.1, -0.05) is 25.1 Å². The molecule has 24 heavy (non-hydrogen) atoms. The Hall–Kier alpha value is -2.04. The number of rotatable bonds is 1. The molecule has 3 amide bonds. The Bertz CT molecular complexity index is 621. The fourth-order valence-electron chi connectivity index (χ4n) is 3.83. The van der Waals surface area contributed by atoms with Crippen LogP contribution in [0.5, 0.6) is 0 Å². The van der Waals surface area contributed by atoms with E-state index in [4.69, 9.17) is 0 Å². The molecule has 2 aliphatic heterocycles. The Morgan fingerprint density at radius 1 is 1.12 bits per heavy atom. The van der Waals surface area contributed by atoms with E-state index >= 15 is 0 Å². The molecular formula is C19H27N3O2. The summed E-state index contributed by atoms with van der Waals surface area (Å²) < 4.78 is 0. The average molecular weight is 329 g/mol. The predicted molar refractivity (Wildman–Crippen MR) is 95.0 cm³/mol. The first-order valence-electron chi connectivity index (χ1n) is 8.83. The van der Waals surface area contributed by atoms with Gasteiger partial charge in [-0.3, -0.25) is 4.79 Å². The maximum Gasteiger partial charge on any atom is 0.319 e. The molecule has 0 saturated carbocycles. The van der Waals surface area contributed by atoms with E-state index < -0.39 is 0 Å². The van der Waals surface area contributed by atoms with Crippen LogP contribution < -0.4 is 4.90 Å². The van der Waals surface area contributed by atoms with Gasteiger partial charge in [0, 0.05) is 45.3 Å². The number of hydrogen-bond acceptors (Lipinski definition) is 2. The second-order valence-corrected chi connectivity index (χ2v) is 7.33. The highest BCUT2D eigenvalue weighted by Crippen LogP contribution is 2.32. The fourth-order valence-corrected chi connectivity index (χ4v) is 3.83. The minimum atomic E-state index is 0.0227. The predicted octanol–water partition coefficient (Wildman–Crippen LogP) is 2.61. The second-order valence-electron chi connectivity index (χ2n) is 7.33. The molecule has 3 rings (SSSR count). The van der Waals surface area contributed by atoms with Crippen molar-refractivity contribution in [1.29, 1.82) is 0 Å². The molecule has 1 saturated heterocycles. The van der Waals surface area contributed by atoms with Crippen LogP contribution in [0.3, 0.4) is 0 Å². The number of benzene rings is 1. The number of nitrogens with zero attached hydrogens (tertiary/aromatic N) is 3. The minimum Gasteiger partial charge on any atom is -0.331 e. The molecule has 0 spiro atoms. The van der Waals surface area contributed by atoms with Crippen LogP contribution in [-0.2, 0) is 11.2 Å². The summed E-state index contributed by atoms with van der Waals surface area (Å²) in [5.41, 5.74) is 2.34. The van der Waals surface area contributed by atoms with Crippen molar-refractivity contribution in [3.63, 3.8) is 0 Å². The summed E-state index contributed by atoms with van der Waals surface area (Å²) in [6.07, 6.45) is 2.55. The Balaban J connectivity index is 1.69. The first kappa shape index (κ1) is 16.8. The largest absolute Gasteiger partial charge is 0.331 e. The van der Waals surface area contributed by atoms with Crippen molar-refractivity contribution in [1.82, 2.24) is 9.80 Å². The smallest absolute Gasteiger partial charge is 0.319 e. The number of urea groups is 1. The number of carbonyl (C=O) groups excluding carboxylic acids is 2. The van der Waals surface area contributed by atoms with Crippen LogP contribution >= 0.6 is 0 Å². The fraction of sp³-hybridized carbons (Fsp3) is 0.579. The summed E-state index contributed by atoms with van der Waals surface area (Å²) >= 11 is 0. The molecule has 2 aliphatic rings. The van der Waals surface area contributed by atoms with E-state index in [1.54, 1.807) is 19.0 Å². The van der Waals surface area contributed by atoms with E-state index in [1.165, 1.54) is 5.56 Å². The van der Waals surface area contributed by atoms with Gasteiger partial charge in [-0.15, -0.1) is 0 Å². The quantitative estimate of drug-likeness (QED) is 0.795. The molecule has 1 atom stereocenters. The Morgan fingerprint density at radius 3 is 2.46 bits per heavy atom. The molecule has 1 fully saturated rings. The van der Waals surface area contributed by atoms with Gasteiger partial charge in [-0.05, 0) is 36.8 Å². The summed E-state index contributed by atoms with van der Waals surface area (Å²) in [5, 5.41) is 0. The summed E-state index contributed by atoms with van der Waals surface area (Å²) in [6, 6.07) is 8.28. The van der Waals surface area contributed by atoms with E-state index in [-0.39, 0.29) is 17.9 Å². The molecule has 5 heteroatoms. The highest BCUT2D eigenvalue weighted by Gasteiger charge is 2.34. The topological polar surface area (TPSA) is 43.9 Å². The van der Waals surface area contributed by atoms with E-state index in [0.717, 1.165) is 31.5 Å². The lowest BCUT2D eigenvalue weighted by Gasteiger charge is -2.38. The van der Waals surface area contributed by atoms with Crippen LogP contribution in [0.2, 0.25) is 0 Å². The van der Waals surface area contributed by atoms with E-state index in [1.807, 2.05) is 21.9 Å². The number of likely N-dealkylation sites (tertiary alicyclic amines) is 1. The van der Waals surface area contributed by atoms with Crippen molar-refractivity contribution >= 4 is 17.6 Å². The maximum absolute atomic E-state index is 13.1. The van der Waals surface area contributed by atoms with Crippen LogP contribution in [0.15, 0.2) is 24.3 Å². The zero-order valence-electron chi connectivity index (χ0n) is 14.9. The normalized spacial score (nSPS) is 21.4. The number of amides is 3. The third kappa shape index (κ3) is 3.25. The molecule has 5 nitrogen and oxygen atoms in total. The van der Waals surface area contributed by atoms with Crippen molar-refractivity contribution in [3.05, 3.63) is 29.8 Å². The number of para-hydroxylation sites is 1. The van der Waals surface area contributed by atoms with E-state index in [0.29, 0.717) is 19.0 Å². The van der Waals surface area contributed by atoms with Gasteiger partial charge in [0.2, 0.25) is 5.91 Å². The molecule has 0 radical (unpaired) electrons. The van der Waals surface area contributed by atoms with Gasteiger partial charge in [0.15, 0.2) is 0 Å². The Labute approximate surface area is 144 Å².